The highest BCUT2D eigenvalue weighted by atomic mass is 19.1. The molecule has 0 aliphatic heterocycles. The number of hydrogen-bond acceptors (Lipinski definition) is 3. The Morgan fingerprint density at radius 1 is 1.22 bits per heavy atom. The van der Waals surface area contributed by atoms with E-state index in [1.165, 1.54) is 23.9 Å². The quantitative estimate of drug-likeness (QED) is 0.657. The Labute approximate surface area is 135 Å². The summed E-state index contributed by atoms with van der Waals surface area (Å²) in [5, 5.41) is 6.54. The summed E-state index contributed by atoms with van der Waals surface area (Å²) in [5.41, 5.74) is 2.89. The van der Waals surface area contributed by atoms with Crippen LogP contribution in [-0.4, -0.2) is 18.2 Å². The first-order valence-electron chi connectivity index (χ1n) is 7.32. The third kappa shape index (κ3) is 5.54. The highest BCUT2D eigenvalue weighted by Gasteiger charge is 2.13. The standard InChI is InChI=1S/C18H19FN2O2/c1-13-3-5-15(6-4-13)11-20-18(22)14(2)23-21-12-16-7-9-17(19)10-8-16/h3-10,12,14H,11H2,1-2H3,(H,20,22)/b21-12+. The average molecular weight is 314 g/mol. The van der Waals surface area contributed by atoms with Crippen LogP contribution in [0.4, 0.5) is 4.39 Å². The fraction of sp³-hybridized carbons (Fsp3) is 0.222. The van der Waals surface area contributed by atoms with Crippen molar-refractivity contribution in [3.8, 4) is 0 Å². The summed E-state index contributed by atoms with van der Waals surface area (Å²) in [6, 6.07) is 13.7. The molecule has 4 nitrogen and oxygen atoms in total. The molecule has 120 valence electrons. The third-order valence-electron chi connectivity index (χ3n) is 3.25. The van der Waals surface area contributed by atoms with Crippen molar-refractivity contribution in [2.75, 3.05) is 0 Å². The molecular formula is C18H19FN2O2. The molecule has 1 atom stereocenters. The first-order chi connectivity index (χ1) is 11.0. The number of nitrogens with one attached hydrogen (secondary N) is 1. The summed E-state index contributed by atoms with van der Waals surface area (Å²) < 4.78 is 12.8. The number of nitrogens with zero attached hydrogens (tertiary/aromatic N) is 1. The van der Waals surface area contributed by atoms with Gasteiger partial charge < -0.3 is 10.2 Å². The molecule has 2 aromatic rings. The second kappa shape index (κ2) is 8.08. The van der Waals surface area contributed by atoms with E-state index in [9.17, 15) is 9.18 Å². The molecule has 0 saturated carbocycles. The molecule has 5 heteroatoms. The van der Waals surface area contributed by atoms with Gasteiger partial charge in [0.15, 0.2) is 0 Å². The van der Waals surface area contributed by atoms with Crippen molar-refractivity contribution < 1.29 is 14.0 Å². The number of oxime groups is 1. The molecule has 0 radical (unpaired) electrons. The van der Waals surface area contributed by atoms with Gasteiger partial charge in [-0.3, -0.25) is 4.79 Å². The number of aryl methyl sites for hydroxylation is 1. The molecule has 0 saturated heterocycles. The van der Waals surface area contributed by atoms with Gasteiger partial charge in [0.05, 0.1) is 6.21 Å². The number of halogens is 1. The number of amides is 1. The highest BCUT2D eigenvalue weighted by molar-refractivity contribution is 5.81. The van der Waals surface area contributed by atoms with Crippen LogP contribution in [0.1, 0.15) is 23.6 Å². The molecule has 1 amide bonds. The summed E-state index contributed by atoms with van der Waals surface area (Å²) in [5.74, 6) is -0.561. The molecule has 0 heterocycles. The summed E-state index contributed by atoms with van der Waals surface area (Å²) >= 11 is 0. The van der Waals surface area contributed by atoms with Gasteiger partial charge in [-0.1, -0.05) is 47.1 Å². The Bertz CT molecular complexity index is 666. The van der Waals surface area contributed by atoms with Gasteiger partial charge in [0, 0.05) is 6.54 Å². The van der Waals surface area contributed by atoms with E-state index in [2.05, 4.69) is 10.5 Å². The predicted molar refractivity (Wildman–Crippen MR) is 87.6 cm³/mol. The highest BCUT2D eigenvalue weighted by Crippen LogP contribution is 2.03. The Hall–Kier alpha value is -2.69. The topological polar surface area (TPSA) is 50.7 Å². The predicted octanol–water partition coefficient (Wildman–Crippen LogP) is 3.19. The summed E-state index contributed by atoms with van der Waals surface area (Å²) in [6.07, 6.45) is 0.723. The van der Waals surface area contributed by atoms with E-state index >= 15 is 0 Å². The van der Waals surface area contributed by atoms with Crippen molar-refractivity contribution in [3.05, 3.63) is 71.0 Å². The number of rotatable bonds is 6. The molecule has 23 heavy (non-hydrogen) atoms. The van der Waals surface area contributed by atoms with Gasteiger partial charge in [0.25, 0.3) is 5.91 Å². The minimum absolute atomic E-state index is 0.248. The first kappa shape index (κ1) is 16.7. The van der Waals surface area contributed by atoms with Crippen molar-refractivity contribution in [1.82, 2.24) is 5.32 Å². The largest absolute Gasteiger partial charge is 0.383 e. The van der Waals surface area contributed by atoms with Crippen molar-refractivity contribution in [3.63, 3.8) is 0 Å². The Balaban J connectivity index is 1.78. The van der Waals surface area contributed by atoms with Crippen LogP contribution in [0.2, 0.25) is 0 Å². The minimum atomic E-state index is -0.711. The van der Waals surface area contributed by atoms with Crippen molar-refractivity contribution in [2.45, 2.75) is 26.5 Å². The van der Waals surface area contributed by atoms with E-state index in [0.717, 1.165) is 5.56 Å². The van der Waals surface area contributed by atoms with E-state index in [1.54, 1.807) is 19.1 Å². The monoisotopic (exact) mass is 314 g/mol. The van der Waals surface area contributed by atoms with E-state index in [1.807, 2.05) is 31.2 Å². The van der Waals surface area contributed by atoms with E-state index < -0.39 is 6.10 Å². The molecule has 0 aromatic heterocycles. The summed E-state index contributed by atoms with van der Waals surface area (Å²) in [4.78, 5) is 17.0. The SMILES string of the molecule is Cc1ccc(CNC(=O)C(C)O/N=C/c2ccc(F)cc2)cc1. The van der Waals surface area contributed by atoms with Crippen molar-refractivity contribution in [2.24, 2.45) is 5.16 Å². The van der Waals surface area contributed by atoms with Crippen molar-refractivity contribution >= 4 is 12.1 Å². The van der Waals surface area contributed by atoms with E-state index in [0.29, 0.717) is 12.1 Å². The minimum Gasteiger partial charge on any atom is -0.383 e. The van der Waals surface area contributed by atoms with Gasteiger partial charge >= 0.3 is 0 Å². The van der Waals surface area contributed by atoms with Crippen LogP contribution in [0.15, 0.2) is 53.7 Å². The molecular weight excluding hydrogens is 295 g/mol. The fourth-order valence-electron chi connectivity index (χ4n) is 1.82. The van der Waals surface area contributed by atoms with Crippen LogP contribution in [0.25, 0.3) is 0 Å². The van der Waals surface area contributed by atoms with E-state index in [-0.39, 0.29) is 11.7 Å². The molecule has 0 bridgehead atoms. The van der Waals surface area contributed by atoms with Crippen LogP contribution in [0, 0.1) is 12.7 Å². The lowest BCUT2D eigenvalue weighted by Crippen LogP contribution is -2.33. The van der Waals surface area contributed by atoms with Gasteiger partial charge in [0.2, 0.25) is 6.10 Å². The number of carbonyl (C=O) groups excluding carboxylic acids is 1. The van der Waals surface area contributed by atoms with Crippen LogP contribution < -0.4 is 5.32 Å². The molecule has 2 rings (SSSR count). The van der Waals surface area contributed by atoms with Crippen LogP contribution in [0.3, 0.4) is 0 Å². The number of carbonyl (C=O) groups is 1. The molecule has 0 spiro atoms. The lowest BCUT2D eigenvalue weighted by Gasteiger charge is -2.10. The zero-order valence-electron chi connectivity index (χ0n) is 13.1. The third-order valence-corrected chi connectivity index (χ3v) is 3.25. The molecule has 1 unspecified atom stereocenters. The second-order valence-corrected chi connectivity index (χ2v) is 5.24. The summed E-state index contributed by atoms with van der Waals surface area (Å²) in [7, 11) is 0. The smallest absolute Gasteiger partial charge is 0.263 e. The van der Waals surface area contributed by atoms with Crippen molar-refractivity contribution in [1.29, 1.82) is 0 Å². The Morgan fingerprint density at radius 3 is 2.52 bits per heavy atom. The van der Waals surface area contributed by atoms with Gasteiger partial charge in [-0.25, -0.2) is 4.39 Å². The number of hydrogen-bond donors (Lipinski definition) is 1. The lowest BCUT2D eigenvalue weighted by molar-refractivity contribution is -0.131. The molecule has 0 aliphatic rings. The van der Waals surface area contributed by atoms with E-state index in [4.69, 9.17) is 4.84 Å². The summed E-state index contributed by atoms with van der Waals surface area (Å²) in [6.45, 7) is 4.07. The lowest BCUT2D eigenvalue weighted by atomic mass is 10.1. The Morgan fingerprint density at radius 2 is 1.87 bits per heavy atom. The molecule has 0 fully saturated rings. The maximum atomic E-state index is 12.8. The van der Waals surface area contributed by atoms with Gasteiger partial charge in [-0.2, -0.15) is 0 Å². The van der Waals surface area contributed by atoms with Gasteiger partial charge in [0.1, 0.15) is 5.82 Å². The molecule has 1 N–H and O–H groups in total. The zero-order chi connectivity index (χ0) is 16.7. The van der Waals surface area contributed by atoms with Crippen LogP contribution in [0.5, 0.6) is 0 Å². The fourth-order valence-corrected chi connectivity index (χ4v) is 1.82. The Kier molecular flexibility index (Phi) is 5.86. The van der Waals surface area contributed by atoms with Gasteiger partial charge in [-0.15, -0.1) is 0 Å². The normalized spacial score (nSPS) is 12.1. The maximum absolute atomic E-state index is 12.8. The zero-order valence-corrected chi connectivity index (χ0v) is 13.1. The van der Waals surface area contributed by atoms with Crippen LogP contribution in [-0.2, 0) is 16.2 Å². The number of benzene rings is 2. The molecule has 0 aliphatic carbocycles. The first-order valence-corrected chi connectivity index (χ1v) is 7.32. The van der Waals surface area contributed by atoms with Crippen LogP contribution >= 0.6 is 0 Å². The average Bonchev–Trinajstić information content (AvgIpc) is 2.55. The second-order valence-electron chi connectivity index (χ2n) is 5.24. The molecule has 2 aromatic carbocycles. The van der Waals surface area contributed by atoms with Gasteiger partial charge in [-0.05, 0) is 37.1 Å². The maximum Gasteiger partial charge on any atom is 0.263 e.